The van der Waals surface area contributed by atoms with Crippen LogP contribution in [-0.2, 0) is 10.0 Å². The first kappa shape index (κ1) is 18.8. The van der Waals surface area contributed by atoms with E-state index < -0.39 is 10.0 Å². The highest BCUT2D eigenvalue weighted by atomic mass is 32.2. The molecule has 6 nitrogen and oxygen atoms in total. The maximum Gasteiger partial charge on any atom is 0.236 e. The highest BCUT2D eigenvalue weighted by Crippen LogP contribution is 2.29. The zero-order valence-electron chi connectivity index (χ0n) is 15.4. The van der Waals surface area contributed by atoms with Crippen molar-refractivity contribution in [2.75, 3.05) is 13.1 Å². The fourth-order valence-corrected chi connectivity index (χ4v) is 4.15. The Morgan fingerprint density at radius 1 is 1.15 bits per heavy atom. The van der Waals surface area contributed by atoms with Crippen LogP contribution in [0.4, 0.5) is 0 Å². The minimum absolute atomic E-state index is 0.127. The third-order valence-corrected chi connectivity index (χ3v) is 6.19. The van der Waals surface area contributed by atoms with Gasteiger partial charge in [0.25, 0.3) is 0 Å². The van der Waals surface area contributed by atoms with Crippen LogP contribution in [0.1, 0.15) is 61.4 Å². The van der Waals surface area contributed by atoms with E-state index in [1.54, 1.807) is 6.08 Å². The van der Waals surface area contributed by atoms with E-state index in [4.69, 9.17) is 4.42 Å². The Morgan fingerprint density at radius 3 is 2.38 bits per heavy atom. The quantitative estimate of drug-likeness (QED) is 0.797. The molecular formula is C19H25N3O3S. The first-order chi connectivity index (χ1) is 12.3. The number of benzene rings is 1. The standard InChI is InChI=1S/C19H25N3O3S/c1-14(2)18-20-21-19(25-18)17-8-11-22(12-9-17)26(23,24)13-10-16-6-4-15(3)5-7-16/h4-7,10,13-14,17H,8-9,11-12H2,1-3H3/b13-10+. The summed E-state index contributed by atoms with van der Waals surface area (Å²) in [4.78, 5) is 0. The van der Waals surface area contributed by atoms with Gasteiger partial charge in [-0.15, -0.1) is 10.2 Å². The van der Waals surface area contributed by atoms with Gasteiger partial charge in [0.1, 0.15) is 0 Å². The second-order valence-electron chi connectivity index (χ2n) is 7.06. The summed E-state index contributed by atoms with van der Waals surface area (Å²) in [7, 11) is -3.42. The number of piperidine rings is 1. The van der Waals surface area contributed by atoms with E-state index >= 15 is 0 Å². The van der Waals surface area contributed by atoms with Crippen molar-refractivity contribution >= 4 is 16.1 Å². The molecule has 3 rings (SSSR count). The number of rotatable bonds is 5. The third-order valence-electron chi connectivity index (χ3n) is 4.62. The van der Waals surface area contributed by atoms with Gasteiger partial charge in [-0.25, -0.2) is 8.42 Å². The van der Waals surface area contributed by atoms with E-state index in [9.17, 15) is 8.42 Å². The molecular weight excluding hydrogens is 350 g/mol. The van der Waals surface area contributed by atoms with Gasteiger partial charge in [-0.2, -0.15) is 4.31 Å². The Kier molecular flexibility index (Phi) is 5.58. The van der Waals surface area contributed by atoms with Crippen molar-refractivity contribution in [3.63, 3.8) is 0 Å². The largest absolute Gasteiger partial charge is 0.425 e. The molecule has 0 atom stereocenters. The third kappa shape index (κ3) is 4.40. The van der Waals surface area contributed by atoms with Crippen LogP contribution < -0.4 is 0 Å². The Balaban J connectivity index is 1.61. The lowest BCUT2D eigenvalue weighted by atomic mass is 9.98. The molecule has 2 aromatic rings. The predicted molar refractivity (Wildman–Crippen MR) is 101 cm³/mol. The van der Waals surface area contributed by atoms with E-state index in [0.29, 0.717) is 37.7 Å². The maximum absolute atomic E-state index is 12.6. The molecule has 0 aliphatic carbocycles. The Bertz CT molecular complexity index is 862. The van der Waals surface area contributed by atoms with Gasteiger partial charge in [-0.3, -0.25) is 0 Å². The fourth-order valence-electron chi connectivity index (χ4n) is 2.93. The van der Waals surface area contributed by atoms with E-state index in [1.165, 1.54) is 9.71 Å². The Morgan fingerprint density at radius 2 is 1.81 bits per heavy atom. The van der Waals surface area contributed by atoms with Gasteiger partial charge in [0, 0.05) is 30.3 Å². The molecule has 1 aromatic heterocycles. The van der Waals surface area contributed by atoms with E-state index in [-0.39, 0.29) is 11.8 Å². The van der Waals surface area contributed by atoms with Gasteiger partial charge in [0.2, 0.25) is 21.8 Å². The maximum atomic E-state index is 12.6. The summed E-state index contributed by atoms with van der Waals surface area (Å²) in [5.74, 6) is 1.59. The number of hydrogen-bond donors (Lipinski definition) is 0. The number of aryl methyl sites for hydroxylation is 1. The molecule has 0 saturated carbocycles. The van der Waals surface area contributed by atoms with Gasteiger partial charge < -0.3 is 4.42 Å². The topological polar surface area (TPSA) is 76.3 Å². The average molecular weight is 375 g/mol. The minimum Gasteiger partial charge on any atom is -0.425 e. The van der Waals surface area contributed by atoms with Crippen molar-refractivity contribution in [2.45, 2.75) is 45.4 Å². The summed E-state index contributed by atoms with van der Waals surface area (Å²) in [6.07, 6.45) is 3.03. The van der Waals surface area contributed by atoms with Gasteiger partial charge in [0.15, 0.2) is 0 Å². The lowest BCUT2D eigenvalue weighted by molar-refractivity contribution is 0.287. The van der Waals surface area contributed by atoms with Crippen molar-refractivity contribution in [1.82, 2.24) is 14.5 Å². The molecule has 2 heterocycles. The van der Waals surface area contributed by atoms with Crippen LogP contribution in [0.25, 0.3) is 6.08 Å². The molecule has 26 heavy (non-hydrogen) atoms. The normalized spacial score (nSPS) is 17.4. The van der Waals surface area contributed by atoms with Gasteiger partial charge in [-0.1, -0.05) is 43.7 Å². The SMILES string of the molecule is Cc1ccc(/C=C/S(=O)(=O)N2CCC(c3nnc(C(C)C)o3)CC2)cc1. The fraction of sp³-hybridized carbons (Fsp3) is 0.474. The first-order valence-corrected chi connectivity index (χ1v) is 10.4. The molecule has 0 spiro atoms. The zero-order valence-corrected chi connectivity index (χ0v) is 16.2. The van der Waals surface area contributed by atoms with Crippen LogP contribution in [0, 0.1) is 6.92 Å². The van der Waals surface area contributed by atoms with Crippen molar-refractivity contribution in [1.29, 1.82) is 0 Å². The highest BCUT2D eigenvalue weighted by Gasteiger charge is 2.30. The molecule has 0 bridgehead atoms. The molecule has 0 N–H and O–H groups in total. The lowest BCUT2D eigenvalue weighted by Gasteiger charge is -2.28. The molecule has 1 aliphatic heterocycles. The van der Waals surface area contributed by atoms with Crippen LogP contribution in [0.3, 0.4) is 0 Å². The molecule has 1 aliphatic rings. The van der Waals surface area contributed by atoms with Crippen LogP contribution in [0.2, 0.25) is 0 Å². The second kappa shape index (κ2) is 7.72. The average Bonchev–Trinajstić information content (AvgIpc) is 3.12. The first-order valence-electron chi connectivity index (χ1n) is 8.93. The summed E-state index contributed by atoms with van der Waals surface area (Å²) in [6.45, 7) is 6.94. The molecule has 0 unspecified atom stereocenters. The van der Waals surface area contributed by atoms with Gasteiger partial charge in [-0.05, 0) is 31.4 Å². The Hall–Kier alpha value is -1.99. The van der Waals surface area contributed by atoms with Gasteiger partial charge in [0.05, 0.1) is 0 Å². The monoisotopic (exact) mass is 375 g/mol. The van der Waals surface area contributed by atoms with Crippen molar-refractivity contribution in [3.05, 3.63) is 52.6 Å². The zero-order chi connectivity index (χ0) is 18.7. The van der Waals surface area contributed by atoms with Crippen LogP contribution in [0.15, 0.2) is 34.1 Å². The number of hydrogen-bond acceptors (Lipinski definition) is 5. The molecule has 1 aromatic carbocycles. The molecule has 1 fully saturated rings. The van der Waals surface area contributed by atoms with Crippen LogP contribution in [0.5, 0.6) is 0 Å². The van der Waals surface area contributed by atoms with Crippen molar-refractivity contribution in [2.24, 2.45) is 0 Å². The summed E-state index contributed by atoms with van der Waals surface area (Å²) in [5.41, 5.74) is 2.02. The summed E-state index contributed by atoms with van der Waals surface area (Å²) in [5, 5.41) is 9.49. The van der Waals surface area contributed by atoms with E-state index in [2.05, 4.69) is 10.2 Å². The van der Waals surface area contributed by atoms with Crippen LogP contribution in [-0.4, -0.2) is 36.0 Å². The van der Waals surface area contributed by atoms with Crippen LogP contribution >= 0.6 is 0 Å². The minimum atomic E-state index is -3.42. The van der Waals surface area contributed by atoms with E-state index in [0.717, 1.165) is 11.1 Å². The summed E-state index contributed by atoms with van der Waals surface area (Å²) in [6, 6.07) is 7.76. The predicted octanol–water partition coefficient (Wildman–Crippen LogP) is 3.68. The molecule has 1 saturated heterocycles. The Labute approximate surface area is 155 Å². The molecule has 0 amide bonds. The molecule has 140 valence electrons. The van der Waals surface area contributed by atoms with Gasteiger partial charge >= 0.3 is 0 Å². The van der Waals surface area contributed by atoms with E-state index in [1.807, 2.05) is 45.0 Å². The summed E-state index contributed by atoms with van der Waals surface area (Å²) >= 11 is 0. The molecule has 7 heteroatoms. The number of nitrogens with zero attached hydrogens (tertiary/aromatic N) is 3. The molecule has 0 radical (unpaired) electrons. The number of sulfonamides is 1. The van der Waals surface area contributed by atoms with Crippen molar-refractivity contribution < 1.29 is 12.8 Å². The number of aromatic nitrogens is 2. The lowest BCUT2D eigenvalue weighted by Crippen LogP contribution is -2.36. The second-order valence-corrected chi connectivity index (χ2v) is 8.88. The smallest absolute Gasteiger partial charge is 0.236 e. The van der Waals surface area contributed by atoms with Crippen molar-refractivity contribution in [3.8, 4) is 0 Å². The summed E-state index contributed by atoms with van der Waals surface area (Å²) < 4.78 is 32.3. The highest BCUT2D eigenvalue weighted by molar-refractivity contribution is 7.92.